The zero-order valence-corrected chi connectivity index (χ0v) is 19.2. The maximum atomic E-state index is 13.4. The fourth-order valence-electron chi connectivity index (χ4n) is 5.34. The number of hydrogen-bond acceptors (Lipinski definition) is 3. The molecule has 1 aromatic heterocycles. The molecule has 1 amide bonds. The Labute approximate surface area is 195 Å². The number of imidazole rings is 1. The Morgan fingerprint density at radius 3 is 2.45 bits per heavy atom. The molecular formula is C27H33FN4O. The standard InChI is InChI=1S/C27H33FN4O/c28-22-12-10-21(11-13-22)19-32-25-9-5-4-8-24(25)30-27(32)29-23-14-16-31(17-15-23)26(33)18-20-6-2-1-3-7-20/h4-5,8-13,20,23H,1-3,6-7,14-19H2,(H,29,30). The van der Waals surface area contributed by atoms with Crippen LogP contribution in [0.3, 0.4) is 0 Å². The van der Waals surface area contributed by atoms with E-state index in [4.69, 9.17) is 4.98 Å². The van der Waals surface area contributed by atoms with Crippen molar-refractivity contribution in [1.82, 2.24) is 14.5 Å². The molecule has 5 rings (SSSR count). The van der Waals surface area contributed by atoms with Crippen molar-refractivity contribution in [1.29, 1.82) is 0 Å². The Hall–Kier alpha value is -2.89. The summed E-state index contributed by atoms with van der Waals surface area (Å²) < 4.78 is 15.5. The first kappa shape index (κ1) is 21.9. The molecule has 1 N–H and O–H groups in total. The van der Waals surface area contributed by atoms with Crippen molar-refractivity contribution < 1.29 is 9.18 Å². The quantitative estimate of drug-likeness (QED) is 0.534. The van der Waals surface area contributed by atoms with Crippen molar-refractivity contribution in [2.45, 2.75) is 64.0 Å². The monoisotopic (exact) mass is 448 g/mol. The van der Waals surface area contributed by atoms with Gasteiger partial charge in [-0.3, -0.25) is 4.79 Å². The molecule has 3 aromatic rings. The van der Waals surface area contributed by atoms with Crippen LogP contribution in [0.5, 0.6) is 0 Å². The lowest BCUT2D eigenvalue weighted by atomic mass is 9.86. The molecule has 2 aromatic carbocycles. The Bertz CT molecular complexity index is 1080. The largest absolute Gasteiger partial charge is 0.353 e. The highest BCUT2D eigenvalue weighted by Crippen LogP contribution is 2.28. The van der Waals surface area contributed by atoms with E-state index in [0.717, 1.165) is 54.9 Å². The molecule has 0 unspecified atom stereocenters. The minimum absolute atomic E-state index is 0.225. The van der Waals surface area contributed by atoms with E-state index >= 15 is 0 Å². The van der Waals surface area contributed by atoms with Gasteiger partial charge in [-0.05, 0) is 61.4 Å². The fourth-order valence-corrected chi connectivity index (χ4v) is 5.34. The third kappa shape index (κ3) is 5.21. The number of hydrogen-bond donors (Lipinski definition) is 1. The van der Waals surface area contributed by atoms with Crippen LogP contribution in [0.2, 0.25) is 0 Å². The summed E-state index contributed by atoms with van der Waals surface area (Å²) in [5, 5.41) is 3.65. The van der Waals surface area contributed by atoms with Gasteiger partial charge in [-0.15, -0.1) is 0 Å². The van der Waals surface area contributed by atoms with Gasteiger partial charge in [0.1, 0.15) is 5.82 Å². The predicted octanol–water partition coefficient (Wildman–Crippen LogP) is 5.60. The van der Waals surface area contributed by atoms with Gasteiger partial charge < -0.3 is 14.8 Å². The smallest absolute Gasteiger partial charge is 0.222 e. The molecule has 1 aliphatic heterocycles. The summed E-state index contributed by atoms with van der Waals surface area (Å²) in [6.07, 6.45) is 8.90. The molecule has 33 heavy (non-hydrogen) atoms. The number of aromatic nitrogens is 2. The summed E-state index contributed by atoms with van der Waals surface area (Å²) in [6, 6.07) is 15.0. The lowest BCUT2D eigenvalue weighted by molar-refractivity contribution is -0.133. The van der Waals surface area contributed by atoms with Gasteiger partial charge in [0.15, 0.2) is 0 Å². The van der Waals surface area contributed by atoms with Crippen LogP contribution >= 0.6 is 0 Å². The Kier molecular flexibility index (Phi) is 6.60. The Morgan fingerprint density at radius 2 is 1.70 bits per heavy atom. The van der Waals surface area contributed by atoms with E-state index < -0.39 is 0 Å². The van der Waals surface area contributed by atoms with Crippen molar-refractivity contribution in [3.05, 3.63) is 59.9 Å². The molecule has 1 aliphatic carbocycles. The molecule has 5 nitrogen and oxygen atoms in total. The summed E-state index contributed by atoms with van der Waals surface area (Å²) >= 11 is 0. The van der Waals surface area contributed by atoms with Gasteiger partial charge in [-0.25, -0.2) is 9.37 Å². The summed E-state index contributed by atoms with van der Waals surface area (Å²) in [4.78, 5) is 19.7. The van der Waals surface area contributed by atoms with Crippen LogP contribution in [-0.4, -0.2) is 39.5 Å². The van der Waals surface area contributed by atoms with Gasteiger partial charge in [-0.1, -0.05) is 43.5 Å². The molecule has 0 radical (unpaired) electrons. The van der Waals surface area contributed by atoms with Crippen LogP contribution in [-0.2, 0) is 11.3 Å². The zero-order valence-electron chi connectivity index (χ0n) is 19.2. The third-order valence-corrected chi connectivity index (χ3v) is 7.28. The minimum Gasteiger partial charge on any atom is -0.353 e. The number of fused-ring (bicyclic) bond motifs is 1. The molecule has 0 spiro atoms. The molecule has 0 bridgehead atoms. The van der Waals surface area contributed by atoms with Gasteiger partial charge >= 0.3 is 0 Å². The zero-order chi connectivity index (χ0) is 22.6. The summed E-state index contributed by atoms with van der Waals surface area (Å²) in [7, 11) is 0. The van der Waals surface area contributed by atoms with Gasteiger partial charge in [0.05, 0.1) is 17.6 Å². The number of anilines is 1. The van der Waals surface area contributed by atoms with Crippen LogP contribution in [0.4, 0.5) is 10.3 Å². The van der Waals surface area contributed by atoms with E-state index in [1.165, 1.54) is 44.2 Å². The van der Waals surface area contributed by atoms with Gasteiger partial charge in [0.2, 0.25) is 11.9 Å². The Morgan fingerprint density at radius 1 is 0.970 bits per heavy atom. The SMILES string of the molecule is O=C(CC1CCCCC1)N1CCC(Nc2nc3ccccc3n2Cc2ccc(F)cc2)CC1. The van der Waals surface area contributed by atoms with Crippen molar-refractivity contribution >= 4 is 22.9 Å². The van der Waals surface area contributed by atoms with E-state index in [1.54, 1.807) is 0 Å². The lowest BCUT2D eigenvalue weighted by Gasteiger charge is -2.34. The molecule has 0 atom stereocenters. The minimum atomic E-state index is -0.225. The van der Waals surface area contributed by atoms with E-state index in [1.807, 2.05) is 30.3 Å². The first-order valence-electron chi connectivity index (χ1n) is 12.4. The highest BCUT2D eigenvalue weighted by molar-refractivity contribution is 5.79. The number of carbonyl (C=O) groups excluding carboxylic acids is 1. The molecule has 2 heterocycles. The summed E-state index contributed by atoms with van der Waals surface area (Å²) in [5.74, 6) is 1.54. The molecule has 174 valence electrons. The first-order chi connectivity index (χ1) is 16.2. The number of likely N-dealkylation sites (tertiary alicyclic amines) is 1. The highest BCUT2D eigenvalue weighted by Gasteiger charge is 2.26. The Balaban J connectivity index is 1.24. The third-order valence-electron chi connectivity index (χ3n) is 7.28. The first-order valence-corrected chi connectivity index (χ1v) is 12.4. The normalized spacial score (nSPS) is 18.0. The number of amides is 1. The number of piperidine rings is 1. The number of nitrogens with one attached hydrogen (secondary N) is 1. The second-order valence-corrected chi connectivity index (χ2v) is 9.64. The molecule has 6 heteroatoms. The highest BCUT2D eigenvalue weighted by atomic mass is 19.1. The number of para-hydroxylation sites is 2. The predicted molar refractivity (Wildman–Crippen MR) is 130 cm³/mol. The average molecular weight is 449 g/mol. The van der Waals surface area contributed by atoms with Gasteiger partial charge in [0.25, 0.3) is 0 Å². The number of rotatable bonds is 6. The second-order valence-electron chi connectivity index (χ2n) is 9.64. The number of nitrogens with zero attached hydrogens (tertiary/aromatic N) is 3. The number of benzene rings is 2. The van der Waals surface area contributed by atoms with Crippen LogP contribution in [0.25, 0.3) is 11.0 Å². The van der Waals surface area contributed by atoms with Crippen LogP contribution < -0.4 is 5.32 Å². The van der Waals surface area contributed by atoms with Crippen LogP contribution in [0.1, 0.15) is 56.9 Å². The number of halogens is 1. The van der Waals surface area contributed by atoms with Gasteiger partial charge in [0, 0.05) is 25.6 Å². The van der Waals surface area contributed by atoms with Crippen molar-refractivity contribution in [2.24, 2.45) is 5.92 Å². The fraction of sp³-hybridized carbons (Fsp3) is 0.481. The molecule has 2 fully saturated rings. The van der Waals surface area contributed by atoms with Crippen molar-refractivity contribution in [3.63, 3.8) is 0 Å². The number of carbonyl (C=O) groups is 1. The maximum Gasteiger partial charge on any atom is 0.222 e. The van der Waals surface area contributed by atoms with Crippen LogP contribution in [0, 0.1) is 11.7 Å². The molecular weight excluding hydrogens is 415 g/mol. The van der Waals surface area contributed by atoms with E-state index in [2.05, 4.69) is 20.9 Å². The van der Waals surface area contributed by atoms with Gasteiger partial charge in [-0.2, -0.15) is 0 Å². The topological polar surface area (TPSA) is 50.2 Å². The van der Waals surface area contributed by atoms with E-state index in [-0.39, 0.29) is 11.9 Å². The van der Waals surface area contributed by atoms with Crippen LogP contribution in [0.15, 0.2) is 48.5 Å². The molecule has 1 saturated carbocycles. The van der Waals surface area contributed by atoms with Crippen molar-refractivity contribution in [2.75, 3.05) is 18.4 Å². The molecule has 2 aliphatic rings. The van der Waals surface area contributed by atoms with Crippen molar-refractivity contribution in [3.8, 4) is 0 Å². The second kappa shape index (κ2) is 9.94. The van der Waals surface area contributed by atoms with E-state index in [0.29, 0.717) is 18.4 Å². The molecule has 1 saturated heterocycles. The average Bonchev–Trinajstić information content (AvgIpc) is 3.18. The lowest BCUT2D eigenvalue weighted by Crippen LogP contribution is -2.43. The van der Waals surface area contributed by atoms with E-state index in [9.17, 15) is 9.18 Å². The summed E-state index contributed by atoms with van der Waals surface area (Å²) in [5.41, 5.74) is 3.04. The maximum absolute atomic E-state index is 13.4. The summed E-state index contributed by atoms with van der Waals surface area (Å²) in [6.45, 7) is 2.24.